The van der Waals surface area contributed by atoms with Crippen LogP contribution in [-0.2, 0) is 0 Å². The summed E-state index contributed by atoms with van der Waals surface area (Å²) in [5.41, 5.74) is 1.22. The summed E-state index contributed by atoms with van der Waals surface area (Å²) >= 11 is 0. The molecule has 0 unspecified atom stereocenters. The van der Waals surface area contributed by atoms with Crippen molar-refractivity contribution in [1.82, 2.24) is 25.1 Å². The minimum atomic E-state index is -0.404. The van der Waals surface area contributed by atoms with E-state index in [1.807, 2.05) is 36.4 Å². The Bertz CT molecular complexity index is 982. The summed E-state index contributed by atoms with van der Waals surface area (Å²) in [4.78, 5) is 17.2. The SMILES string of the molecule is O=C(N[C@@H](c1ccccc1)c1ccco1)c1cccc(-n2cnnc2)n1. The molecule has 1 atom stereocenters. The first-order chi connectivity index (χ1) is 12.8. The molecule has 1 aromatic carbocycles. The lowest BCUT2D eigenvalue weighted by Crippen LogP contribution is -2.30. The average Bonchev–Trinajstić information content (AvgIpc) is 3.40. The highest BCUT2D eigenvalue weighted by molar-refractivity contribution is 5.93. The second kappa shape index (κ2) is 7.02. The lowest BCUT2D eigenvalue weighted by atomic mass is 10.0. The van der Waals surface area contributed by atoms with Crippen LogP contribution in [0.15, 0.2) is 84.0 Å². The Morgan fingerprint density at radius 3 is 2.50 bits per heavy atom. The number of hydrogen-bond donors (Lipinski definition) is 1. The van der Waals surface area contributed by atoms with E-state index in [9.17, 15) is 4.79 Å². The molecular formula is C19H15N5O2. The molecule has 0 bridgehead atoms. The normalized spacial score (nSPS) is 11.8. The molecule has 4 rings (SSSR count). The molecule has 0 saturated heterocycles. The molecule has 26 heavy (non-hydrogen) atoms. The standard InChI is InChI=1S/C19H15N5O2/c25-19(15-8-4-10-17(22-15)24-12-20-21-13-24)23-18(16-9-5-11-26-16)14-6-2-1-3-7-14/h1-13,18H,(H,23,25)/t18-/m0/s1. The van der Waals surface area contributed by atoms with Gasteiger partial charge in [-0.25, -0.2) is 4.98 Å². The fourth-order valence-electron chi connectivity index (χ4n) is 2.64. The number of hydrogen-bond acceptors (Lipinski definition) is 5. The van der Waals surface area contributed by atoms with E-state index in [0.29, 0.717) is 17.3 Å². The lowest BCUT2D eigenvalue weighted by molar-refractivity contribution is 0.0934. The molecule has 0 spiro atoms. The van der Waals surface area contributed by atoms with E-state index in [4.69, 9.17) is 4.42 Å². The zero-order chi connectivity index (χ0) is 17.8. The molecular weight excluding hydrogens is 330 g/mol. The number of benzene rings is 1. The predicted molar refractivity (Wildman–Crippen MR) is 93.6 cm³/mol. The minimum absolute atomic E-state index is 0.295. The predicted octanol–water partition coefficient (Wildman–Crippen LogP) is 2.77. The molecule has 0 aliphatic heterocycles. The summed E-state index contributed by atoms with van der Waals surface area (Å²) in [6.45, 7) is 0. The molecule has 0 saturated carbocycles. The molecule has 3 heterocycles. The molecule has 1 amide bonds. The molecule has 7 heteroatoms. The number of pyridine rings is 1. The first-order valence-electron chi connectivity index (χ1n) is 8.02. The van der Waals surface area contributed by atoms with E-state index in [0.717, 1.165) is 5.56 Å². The maximum absolute atomic E-state index is 12.8. The number of nitrogens with one attached hydrogen (secondary N) is 1. The zero-order valence-corrected chi connectivity index (χ0v) is 13.7. The topological polar surface area (TPSA) is 85.8 Å². The van der Waals surface area contributed by atoms with Gasteiger partial charge in [0.05, 0.1) is 6.26 Å². The van der Waals surface area contributed by atoms with Crippen LogP contribution in [0, 0.1) is 0 Å². The average molecular weight is 345 g/mol. The maximum atomic E-state index is 12.8. The van der Waals surface area contributed by atoms with Crippen LogP contribution in [0.1, 0.15) is 27.9 Å². The van der Waals surface area contributed by atoms with Gasteiger partial charge in [-0.3, -0.25) is 9.36 Å². The van der Waals surface area contributed by atoms with E-state index in [-0.39, 0.29) is 5.91 Å². The third-order valence-corrected chi connectivity index (χ3v) is 3.89. The van der Waals surface area contributed by atoms with Crippen molar-refractivity contribution in [2.75, 3.05) is 0 Å². The summed E-state index contributed by atoms with van der Waals surface area (Å²) in [6, 6.07) is 18.1. The molecule has 4 aromatic rings. The van der Waals surface area contributed by atoms with Gasteiger partial charge in [0.1, 0.15) is 36.0 Å². The largest absolute Gasteiger partial charge is 0.467 e. The van der Waals surface area contributed by atoms with Gasteiger partial charge < -0.3 is 9.73 Å². The number of carbonyl (C=O) groups is 1. The number of furan rings is 1. The number of carbonyl (C=O) groups excluding carboxylic acids is 1. The van der Waals surface area contributed by atoms with Gasteiger partial charge in [-0.15, -0.1) is 10.2 Å². The second-order valence-electron chi connectivity index (χ2n) is 5.58. The van der Waals surface area contributed by atoms with Crippen molar-refractivity contribution in [3.63, 3.8) is 0 Å². The summed E-state index contributed by atoms with van der Waals surface area (Å²) < 4.78 is 7.15. The summed E-state index contributed by atoms with van der Waals surface area (Å²) in [6.07, 6.45) is 4.64. The Balaban J connectivity index is 1.62. The van der Waals surface area contributed by atoms with Gasteiger partial charge in [0.15, 0.2) is 0 Å². The van der Waals surface area contributed by atoms with Crippen molar-refractivity contribution < 1.29 is 9.21 Å². The van der Waals surface area contributed by atoms with Gasteiger partial charge in [0, 0.05) is 0 Å². The molecule has 3 aromatic heterocycles. The van der Waals surface area contributed by atoms with E-state index >= 15 is 0 Å². The summed E-state index contributed by atoms with van der Waals surface area (Å²) in [7, 11) is 0. The van der Waals surface area contributed by atoms with Crippen LogP contribution in [0.25, 0.3) is 5.82 Å². The van der Waals surface area contributed by atoms with Crippen LogP contribution in [0.5, 0.6) is 0 Å². The maximum Gasteiger partial charge on any atom is 0.270 e. The summed E-state index contributed by atoms with van der Waals surface area (Å²) in [5.74, 6) is 0.918. The smallest absolute Gasteiger partial charge is 0.270 e. The van der Waals surface area contributed by atoms with Crippen LogP contribution in [0.2, 0.25) is 0 Å². The van der Waals surface area contributed by atoms with E-state index in [2.05, 4.69) is 20.5 Å². The lowest BCUT2D eigenvalue weighted by Gasteiger charge is -2.17. The Morgan fingerprint density at radius 1 is 0.962 bits per heavy atom. The van der Waals surface area contributed by atoms with Crippen LogP contribution in [0.3, 0.4) is 0 Å². The number of amides is 1. The van der Waals surface area contributed by atoms with Gasteiger partial charge in [0.2, 0.25) is 0 Å². The van der Waals surface area contributed by atoms with Gasteiger partial charge >= 0.3 is 0 Å². The Hall–Kier alpha value is -3.74. The molecule has 0 aliphatic carbocycles. The van der Waals surface area contributed by atoms with Crippen molar-refractivity contribution in [3.05, 3.63) is 96.6 Å². The monoisotopic (exact) mass is 345 g/mol. The van der Waals surface area contributed by atoms with Crippen LogP contribution in [-0.4, -0.2) is 25.7 Å². The molecule has 7 nitrogen and oxygen atoms in total. The number of nitrogens with zero attached hydrogens (tertiary/aromatic N) is 4. The van der Waals surface area contributed by atoms with Crippen LogP contribution < -0.4 is 5.32 Å². The molecule has 0 fully saturated rings. The van der Waals surface area contributed by atoms with E-state index < -0.39 is 6.04 Å². The van der Waals surface area contributed by atoms with Gasteiger partial charge in [0.25, 0.3) is 5.91 Å². The van der Waals surface area contributed by atoms with Crippen molar-refractivity contribution in [2.24, 2.45) is 0 Å². The van der Waals surface area contributed by atoms with Gasteiger partial charge in [-0.1, -0.05) is 36.4 Å². The fraction of sp³-hybridized carbons (Fsp3) is 0.0526. The van der Waals surface area contributed by atoms with Crippen molar-refractivity contribution >= 4 is 5.91 Å². The minimum Gasteiger partial charge on any atom is -0.467 e. The van der Waals surface area contributed by atoms with Crippen LogP contribution in [0.4, 0.5) is 0 Å². The van der Waals surface area contributed by atoms with Crippen molar-refractivity contribution in [2.45, 2.75) is 6.04 Å². The Morgan fingerprint density at radius 2 is 1.77 bits per heavy atom. The molecule has 0 aliphatic rings. The third kappa shape index (κ3) is 3.23. The Labute approximate surface area is 149 Å². The molecule has 128 valence electrons. The quantitative estimate of drug-likeness (QED) is 0.601. The van der Waals surface area contributed by atoms with Crippen LogP contribution >= 0.6 is 0 Å². The van der Waals surface area contributed by atoms with Crippen molar-refractivity contribution in [1.29, 1.82) is 0 Å². The zero-order valence-electron chi connectivity index (χ0n) is 13.7. The summed E-state index contributed by atoms with van der Waals surface area (Å²) in [5, 5.41) is 10.5. The number of rotatable bonds is 5. The fourth-order valence-corrected chi connectivity index (χ4v) is 2.64. The third-order valence-electron chi connectivity index (χ3n) is 3.89. The first kappa shape index (κ1) is 15.8. The highest BCUT2D eigenvalue weighted by atomic mass is 16.3. The highest BCUT2D eigenvalue weighted by Crippen LogP contribution is 2.22. The van der Waals surface area contributed by atoms with Gasteiger partial charge in [-0.2, -0.15) is 0 Å². The van der Waals surface area contributed by atoms with Gasteiger partial charge in [-0.05, 0) is 29.8 Å². The van der Waals surface area contributed by atoms with Crippen molar-refractivity contribution in [3.8, 4) is 5.82 Å². The molecule has 0 radical (unpaired) electrons. The Kier molecular flexibility index (Phi) is 4.26. The van der Waals surface area contributed by atoms with E-state index in [1.54, 1.807) is 35.1 Å². The van der Waals surface area contributed by atoms with E-state index in [1.165, 1.54) is 12.7 Å². The highest BCUT2D eigenvalue weighted by Gasteiger charge is 2.21. The molecule has 1 N–H and O–H groups in total. The first-order valence-corrected chi connectivity index (χ1v) is 8.02. The number of aromatic nitrogens is 4. The second-order valence-corrected chi connectivity index (χ2v) is 5.58.